The number of likely N-dealkylation sites (N-methyl/N-ethyl adjacent to an activating group) is 1. The van der Waals surface area contributed by atoms with Crippen molar-refractivity contribution in [1.82, 2.24) is 25.0 Å². The number of fused-ring (bicyclic) bond motifs is 3. The highest BCUT2D eigenvalue weighted by atomic mass is 35.5. The second kappa shape index (κ2) is 7.35. The number of carbonyl (C=O) groups is 2. The van der Waals surface area contributed by atoms with Crippen LogP contribution in [0.4, 0.5) is 15.1 Å². The van der Waals surface area contributed by atoms with E-state index in [0.29, 0.717) is 18.9 Å². The molecular formula is C21H18ClFN6O2. The van der Waals surface area contributed by atoms with Crippen molar-refractivity contribution >= 4 is 29.5 Å². The quantitative estimate of drug-likeness (QED) is 0.674. The highest BCUT2D eigenvalue weighted by Crippen LogP contribution is 2.42. The number of hydrogen-bond donors (Lipinski definition) is 1. The van der Waals surface area contributed by atoms with E-state index in [-0.39, 0.29) is 16.4 Å². The van der Waals surface area contributed by atoms with Crippen LogP contribution in [0.15, 0.2) is 48.5 Å². The van der Waals surface area contributed by atoms with Crippen molar-refractivity contribution in [2.24, 2.45) is 0 Å². The molecule has 1 aromatic heterocycles. The maximum Gasteiger partial charge on any atom is 0.325 e. The second-order valence-corrected chi connectivity index (χ2v) is 7.89. The van der Waals surface area contributed by atoms with Gasteiger partial charge < -0.3 is 9.80 Å². The summed E-state index contributed by atoms with van der Waals surface area (Å²) in [6, 6.07) is 12.9. The predicted molar refractivity (Wildman–Crippen MR) is 112 cm³/mol. The van der Waals surface area contributed by atoms with E-state index < -0.39 is 30.0 Å². The SMILES string of the molecule is CN1C(=O)NC(=O)C2C1n1c(-c3c(F)cccc3Cl)nnc1N2CCc1ccccc1. The summed E-state index contributed by atoms with van der Waals surface area (Å²) in [6.07, 6.45) is -0.0785. The molecule has 2 aromatic carbocycles. The normalized spacial score (nSPS) is 20.0. The van der Waals surface area contributed by atoms with Gasteiger partial charge in [0, 0.05) is 13.6 Å². The zero-order valence-electron chi connectivity index (χ0n) is 16.5. The van der Waals surface area contributed by atoms with Gasteiger partial charge in [-0.2, -0.15) is 0 Å². The number of benzene rings is 2. The molecule has 158 valence electrons. The van der Waals surface area contributed by atoms with Crippen molar-refractivity contribution in [3.63, 3.8) is 0 Å². The third-order valence-electron chi connectivity index (χ3n) is 5.70. The maximum absolute atomic E-state index is 14.7. The first-order valence-corrected chi connectivity index (χ1v) is 10.1. The van der Waals surface area contributed by atoms with E-state index in [2.05, 4.69) is 15.5 Å². The zero-order chi connectivity index (χ0) is 21.7. The largest absolute Gasteiger partial charge is 0.325 e. The van der Waals surface area contributed by atoms with E-state index >= 15 is 0 Å². The maximum atomic E-state index is 14.7. The van der Waals surface area contributed by atoms with Crippen molar-refractivity contribution in [2.75, 3.05) is 18.5 Å². The molecule has 10 heteroatoms. The first-order valence-electron chi connectivity index (χ1n) is 9.75. The number of urea groups is 1. The molecule has 3 heterocycles. The molecule has 2 atom stereocenters. The van der Waals surface area contributed by atoms with Crippen LogP contribution in [0.25, 0.3) is 11.4 Å². The summed E-state index contributed by atoms with van der Waals surface area (Å²) in [7, 11) is 1.58. The van der Waals surface area contributed by atoms with Crippen LogP contribution in [-0.2, 0) is 11.2 Å². The van der Waals surface area contributed by atoms with Crippen molar-refractivity contribution in [1.29, 1.82) is 0 Å². The molecule has 1 fully saturated rings. The van der Waals surface area contributed by atoms with E-state index in [4.69, 9.17) is 11.6 Å². The molecule has 0 spiro atoms. The number of imide groups is 1. The summed E-state index contributed by atoms with van der Waals surface area (Å²) in [5.74, 6) is -0.435. The average molecular weight is 441 g/mol. The number of nitrogens with zero attached hydrogens (tertiary/aromatic N) is 5. The number of hydrogen-bond acceptors (Lipinski definition) is 5. The van der Waals surface area contributed by atoms with Gasteiger partial charge in [-0.3, -0.25) is 14.7 Å². The van der Waals surface area contributed by atoms with Gasteiger partial charge in [-0.25, -0.2) is 9.18 Å². The van der Waals surface area contributed by atoms with E-state index in [1.54, 1.807) is 22.6 Å². The van der Waals surface area contributed by atoms with E-state index in [1.807, 2.05) is 30.3 Å². The summed E-state index contributed by atoms with van der Waals surface area (Å²) in [5, 5.41) is 11.0. The average Bonchev–Trinajstić information content (AvgIpc) is 3.30. The smallest absolute Gasteiger partial charge is 0.325 e. The third kappa shape index (κ3) is 3.04. The fourth-order valence-corrected chi connectivity index (χ4v) is 4.46. The number of halogens is 2. The van der Waals surface area contributed by atoms with Gasteiger partial charge in [0.2, 0.25) is 5.95 Å². The van der Waals surface area contributed by atoms with E-state index in [1.165, 1.54) is 17.0 Å². The van der Waals surface area contributed by atoms with Gasteiger partial charge >= 0.3 is 6.03 Å². The van der Waals surface area contributed by atoms with Gasteiger partial charge in [0.05, 0.1) is 10.6 Å². The molecule has 2 aliphatic heterocycles. The lowest BCUT2D eigenvalue weighted by Crippen LogP contribution is -2.61. The number of amides is 3. The molecule has 1 saturated heterocycles. The van der Waals surface area contributed by atoms with Crippen LogP contribution in [0.1, 0.15) is 11.7 Å². The van der Waals surface area contributed by atoms with Crippen LogP contribution in [-0.4, -0.2) is 51.2 Å². The van der Waals surface area contributed by atoms with Gasteiger partial charge in [-0.05, 0) is 24.1 Å². The van der Waals surface area contributed by atoms with Crippen LogP contribution in [0.3, 0.4) is 0 Å². The number of carbonyl (C=O) groups excluding carboxylic acids is 2. The molecule has 3 aromatic rings. The Balaban J connectivity index is 1.62. The minimum atomic E-state index is -0.729. The molecular weight excluding hydrogens is 423 g/mol. The topological polar surface area (TPSA) is 83.4 Å². The molecule has 2 aliphatic rings. The van der Waals surface area contributed by atoms with Crippen molar-refractivity contribution in [3.8, 4) is 11.4 Å². The summed E-state index contributed by atoms with van der Waals surface area (Å²) in [4.78, 5) is 28.4. The van der Waals surface area contributed by atoms with E-state index in [9.17, 15) is 14.0 Å². The number of rotatable bonds is 4. The molecule has 0 bridgehead atoms. The van der Waals surface area contributed by atoms with Crippen LogP contribution in [0.5, 0.6) is 0 Å². The minimum Gasteiger partial charge on any atom is -0.325 e. The van der Waals surface area contributed by atoms with E-state index in [0.717, 1.165) is 5.56 Å². The lowest BCUT2D eigenvalue weighted by molar-refractivity contribution is -0.124. The Kier molecular flexibility index (Phi) is 4.62. The second-order valence-electron chi connectivity index (χ2n) is 7.48. The summed E-state index contributed by atoms with van der Waals surface area (Å²) in [5.41, 5.74) is 1.17. The van der Waals surface area contributed by atoms with Crippen molar-refractivity contribution < 1.29 is 14.0 Å². The van der Waals surface area contributed by atoms with Gasteiger partial charge in [0.15, 0.2) is 11.9 Å². The molecule has 0 aliphatic carbocycles. The van der Waals surface area contributed by atoms with Crippen LogP contribution in [0.2, 0.25) is 5.02 Å². The highest BCUT2D eigenvalue weighted by molar-refractivity contribution is 6.33. The Bertz CT molecular complexity index is 1160. The van der Waals surface area contributed by atoms with Crippen molar-refractivity contribution in [2.45, 2.75) is 18.6 Å². The number of anilines is 1. The molecule has 5 rings (SSSR count). The third-order valence-corrected chi connectivity index (χ3v) is 6.02. The molecule has 8 nitrogen and oxygen atoms in total. The Morgan fingerprint density at radius 1 is 1.10 bits per heavy atom. The fraction of sp³-hybridized carbons (Fsp3) is 0.238. The number of aromatic nitrogens is 3. The van der Waals surface area contributed by atoms with Crippen LogP contribution < -0.4 is 10.2 Å². The van der Waals surface area contributed by atoms with Gasteiger partial charge in [0.25, 0.3) is 5.91 Å². The monoisotopic (exact) mass is 440 g/mol. The molecule has 3 amide bonds. The zero-order valence-corrected chi connectivity index (χ0v) is 17.3. The highest BCUT2D eigenvalue weighted by Gasteiger charge is 2.52. The van der Waals surface area contributed by atoms with Gasteiger partial charge in [-0.15, -0.1) is 10.2 Å². The van der Waals surface area contributed by atoms with Gasteiger partial charge in [-0.1, -0.05) is 48.0 Å². The fourth-order valence-electron chi connectivity index (χ4n) is 4.21. The lowest BCUT2D eigenvalue weighted by atomic mass is 10.1. The Morgan fingerprint density at radius 2 is 1.87 bits per heavy atom. The first-order chi connectivity index (χ1) is 15.0. The standard InChI is InChI=1S/C21H18ClFN6O2/c1-27-19-16(18(30)24-21(27)31)28(11-10-12-6-3-2-4-7-12)20-26-25-17(29(19)20)15-13(22)8-5-9-14(15)23/h2-9,16,19H,10-11H2,1H3,(H,24,30,31). The Labute approximate surface area is 182 Å². The van der Waals surface area contributed by atoms with Crippen molar-refractivity contribution in [3.05, 3.63) is 64.9 Å². The molecule has 0 saturated carbocycles. The lowest BCUT2D eigenvalue weighted by Gasteiger charge is -2.37. The number of nitrogens with one attached hydrogen (secondary N) is 1. The predicted octanol–water partition coefficient (Wildman–Crippen LogP) is 2.85. The minimum absolute atomic E-state index is 0.0819. The summed E-state index contributed by atoms with van der Waals surface area (Å²) >= 11 is 6.27. The Hall–Kier alpha value is -3.46. The Morgan fingerprint density at radius 3 is 2.61 bits per heavy atom. The summed E-state index contributed by atoms with van der Waals surface area (Å²) in [6.45, 7) is 0.462. The van der Waals surface area contributed by atoms with Crippen LogP contribution >= 0.6 is 11.6 Å². The molecule has 1 N–H and O–H groups in total. The molecule has 2 unspecified atom stereocenters. The van der Waals surface area contributed by atoms with Crippen LogP contribution in [0, 0.1) is 5.82 Å². The first kappa shape index (κ1) is 19.5. The van der Waals surface area contributed by atoms with Gasteiger partial charge in [0.1, 0.15) is 12.0 Å². The molecule has 0 radical (unpaired) electrons. The summed E-state index contributed by atoms with van der Waals surface area (Å²) < 4.78 is 16.3. The molecule has 31 heavy (non-hydrogen) atoms.